The quantitative estimate of drug-likeness (QED) is 0.213. The summed E-state index contributed by atoms with van der Waals surface area (Å²) in [4.78, 5) is 53.7. The minimum atomic E-state index is -1.12. The van der Waals surface area contributed by atoms with Crippen LogP contribution in [0.15, 0.2) is 83.8 Å². The molecule has 0 radical (unpaired) electrons. The Hall–Kier alpha value is -5.06. The lowest BCUT2D eigenvalue weighted by atomic mass is 10.0. The summed E-state index contributed by atoms with van der Waals surface area (Å²) < 4.78 is 36.4. The van der Waals surface area contributed by atoms with Crippen LogP contribution in [0.1, 0.15) is 29.7 Å². The number of benzene rings is 2. The van der Waals surface area contributed by atoms with Gasteiger partial charge in [0.05, 0.1) is 6.54 Å². The molecular weight excluding hydrogens is 582 g/mol. The maximum absolute atomic E-state index is 14.1. The van der Waals surface area contributed by atoms with E-state index in [9.17, 15) is 28.0 Å². The van der Waals surface area contributed by atoms with Crippen LogP contribution in [0.25, 0.3) is 10.9 Å². The third-order valence-corrected chi connectivity index (χ3v) is 7.26. The Balaban J connectivity index is 1.58. The SMILES string of the molecule is CN(C)C(=O)/C=C/CC[C@H](OC(=O)N(C)C)C(=O)Cc1cccn(Cc2cc3cc(F)ccc3n2Cc2ccc(F)cc2)c1=O. The normalized spacial score (nSPS) is 12.0. The molecule has 2 amide bonds. The lowest BCUT2D eigenvalue weighted by molar-refractivity contribution is -0.127. The van der Waals surface area contributed by atoms with Gasteiger partial charge in [-0.15, -0.1) is 0 Å². The van der Waals surface area contributed by atoms with Gasteiger partial charge in [-0.3, -0.25) is 14.4 Å². The number of ketones is 1. The number of allylic oxidation sites excluding steroid dienone is 1. The van der Waals surface area contributed by atoms with E-state index in [4.69, 9.17) is 4.74 Å². The third-order valence-electron chi connectivity index (χ3n) is 7.26. The highest BCUT2D eigenvalue weighted by atomic mass is 19.1. The molecule has 0 aliphatic heterocycles. The summed E-state index contributed by atoms with van der Waals surface area (Å²) in [6.45, 7) is 0.493. The fraction of sp³-hybridized carbons (Fsp3) is 0.294. The Morgan fingerprint density at radius 3 is 2.31 bits per heavy atom. The van der Waals surface area contributed by atoms with Crippen LogP contribution in [0, 0.1) is 11.6 Å². The number of fused-ring (bicyclic) bond motifs is 1. The second-order valence-corrected chi connectivity index (χ2v) is 11.1. The number of Topliss-reactive ketones (excluding diaryl/α,β-unsaturated/α-hetero) is 1. The number of likely N-dealkylation sites (N-methyl/N-ethyl adjacent to an activating group) is 1. The van der Waals surface area contributed by atoms with Crippen molar-refractivity contribution in [1.29, 1.82) is 0 Å². The first-order valence-electron chi connectivity index (χ1n) is 14.4. The molecule has 0 unspecified atom stereocenters. The van der Waals surface area contributed by atoms with Crippen LogP contribution in [0.4, 0.5) is 13.6 Å². The first kappa shape index (κ1) is 32.8. The number of carbonyl (C=O) groups is 3. The highest BCUT2D eigenvalue weighted by Gasteiger charge is 2.24. The van der Waals surface area contributed by atoms with Gasteiger partial charge in [0.2, 0.25) is 5.91 Å². The van der Waals surface area contributed by atoms with Gasteiger partial charge in [-0.1, -0.05) is 24.3 Å². The van der Waals surface area contributed by atoms with Crippen LogP contribution in [-0.2, 0) is 33.8 Å². The van der Waals surface area contributed by atoms with Gasteiger partial charge >= 0.3 is 6.09 Å². The zero-order chi connectivity index (χ0) is 32.7. The van der Waals surface area contributed by atoms with Crippen LogP contribution >= 0.6 is 0 Å². The van der Waals surface area contributed by atoms with Gasteiger partial charge in [0.15, 0.2) is 11.9 Å². The van der Waals surface area contributed by atoms with Gasteiger partial charge in [0, 0.05) is 69.5 Å². The standard InChI is InChI=1S/C34H36F2N4O5/c1-37(2)32(42)10-6-5-9-31(45-34(44)38(3)4)30(41)20-24-8-7-17-39(33(24)43)22-28-19-25-18-27(36)15-16-29(25)40(28)21-23-11-13-26(35)14-12-23/h6-8,10-19,31H,5,9,20-22H2,1-4H3/b10-6+/t31-/m0/s1. The van der Waals surface area contributed by atoms with E-state index in [2.05, 4.69) is 0 Å². The summed E-state index contributed by atoms with van der Waals surface area (Å²) in [6, 6.07) is 15.5. The predicted octanol–water partition coefficient (Wildman–Crippen LogP) is 4.78. The van der Waals surface area contributed by atoms with Crippen molar-refractivity contribution < 1.29 is 27.9 Å². The number of halogens is 2. The monoisotopic (exact) mass is 618 g/mol. The molecule has 11 heteroatoms. The average molecular weight is 619 g/mol. The molecule has 0 fully saturated rings. The van der Waals surface area contributed by atoms with Crippen LogP contribution in [0.5, 0.6) is 0 Å². The summed E-state index contributed by atoms with van der Waals surface area (Å²) in [5.74, 6) is -1.41. The number of hydrogen-bond acceptors (Lipinski definition) is 5. The van der Waals surface area contributed by atoms with Crippen molar-refractivity contribution in [2.24, 2.45) is 0 Å². The average Bonchev–Trinajstić information content (AvgIpc) is 3.32. The third kappa shape index (κ3) is 8.53. The maximum Gasteiger partial charge on any atom is 0.409 e. The minimum Gasteiger partial charge on any atom is -0.438 e. The van der Waals surface area contributed by atoms with Crippen LogP contribution in [0.3, 0.4) is 0 Å². The Morgan fingerprint density at radius 1 is 0.911 bits per heavy atom. The number of ether oxygens (including phenoxy) is 1. The molecule has 0 saturated heterocycles. The van der Waals surface area contributed by atoms with Gasteiger partial charge in [-0.05, 0) is 66.9 Å². The minimum absolute atomic E-state index is 0.127. The first-order chi connectivity index (χ1) is 21.4. The number of hydrogen-bond donors (Lipinski definition) is 0. The molecule has 0 saturated carbocycles. The van der Waals surface area contributed by atoms with Crippen molar-refractivity contribution >= 4 is 28.7 Å². The molecule has 45 heavy (non-hydrogen) atoms. The predicted molar refractivity (Wildman–Crippen MR) is 167 cm³/mol. The molecule has 2 heterocycles. The van der Waals surface area contributed by atoms with E-state index in [0.29, 0.717) is 24.0 Å². The van der Waals surface area contributed by atoms with Gasteiger partial charge in [0.1, 0.15) is 11.6 Å². The largest absolute Gasteiger partial charge is 0.438 e. The van der Waals surface area contributed by atoms with Crippen molar-refractivity contribution in [3.05, 3.63) is 118 Å². The molecule has 0 bridgehead atoms. The molecular formula is C34H36F2N4O5. The van der Waals surface area contributed by atoms with E-state index >= 15 is 0 Å². The Morgan fingerprint density at radius 2 is 1.62 bits per heavy atom. The van der Waals surface area contributed by atoms with Crippen molar-refractivity contribution in [1.82, 2.24) is 18.9 Å². The van der Waals surface area contributed by atoms with E-state index in [1.54, 1.807) is 62.8 Å². The van der Waals surface area contributed by atoms with E-state index in [1.165, 1.54) is 58.8 Å². The second kappa shape index (κ2) is 14.6. The van der Waals surface area contributed by atoms with Gasteiger partial charge < -0.3 is 23.7 Å². The molecule has 9 nitrogen and oxygen atoms in total. The molecule has 4 aromatic rings. The summed E-state index contributed by atoms with van der Waals surface area (Å²) in [5, 5.41) is 0.651. The summed E-state index contributed by atoms with van der Waals surface area (Å²) >= 11 is 0. The maximum atomic E-state index is 14.1. The first-order valence-corrected chi connectivity index (χ1v) is 14.4. The molecule has 0 aliphatic rings. The Bertz CT molecular complexity index is 1770. The highest BCUT2D eigenvalue weighted by Crippen LogP contribution is 2.23. The van der Waals surface area contributed by atoms with Crippen molar-refractivity contribution in [3.63, 3.8) is 0 Å². The van der Waals surface area contributed by atoms with E-state index < -0.39 is 29.4 Å². The summed E-state index contributed by atoms with van der Waals surface area (Å²) in [7, 11) is 6.24. The smallest absolute Gasteiger partial charge is 0.409 e. The number of rotatable bonds is 12. The van der Waals surface area contributed by atoms with Crippen molar-refractivity contribution in [2.45, 2.75) is 38.5 Å². The van der Waals surface area contributed by atoms with Crippen molar-refractivity contribution in [2.75, 3.05) is 28.2 Å². The zero-order valence-corrected chi connectivity index (χ0v) is 25.7. The van der Waals surface area contributed by atoms with Crippen LogP contribution in [0.2, 0.25) is 0 Å². The van der Waals surface area contributed by atoms with Gasteiger partial charge in [0.25, 0.3) is 5.56 Å². The summed E-state index contributed by atoms with van der Waals surface area (Å²) in [6.07, 6.45) is 2.94. The number of pyridine rings is 1. The lowest BCUT2D eigenvalue weighted by Gasteiger charge is -2.19. The van der Waals surface area contributed by atoms with Crippen molar-refractivity contribution in [3.8, 4) is 0 Å². The molecule has 0 aliphatic carbocycles. The molecule has 2 aromatic heterocycles. The number of aromatic nitrogens is 2. The fourth-order valence-electron chi connectivity index (χ4n) is 4.80. The zero-order valence-electron chi connectivity index (χ0n) is 25.7. The topological polar surface area (TPSA) is 93.8 Å². The fourth-order valence-corrected chi connectivity index (χ4v) is 4.80. The number of amides is 2. The van der Waals surface area contributed by atoms with Gasteiger partial charge in [-0.25, -0.2) is 13.6 Å². The van der Waals surface area contributed by atoms with E-state index in [-0.39, 0.29) is 36.7 Å². The molecule has 0 spiro atoms. The molecule has 2 aromatic carbocycles. The second-order valence-electron chi connectivity index (χ2n) is 11.1. The van der Waals surface area contributed by atoms with Gasteiger partial charge in [-0.2, -0.15) is 0 Å². The van der Waals surface area contributed by atoms with Crippen LogP contribution in [-0.4, -0.2) is 71.0 Å². The molecule has 4 rings (SSSR count). The summed E-state index contributed by atoms with van der Waals surface area (Å²) in [5.41, 5.74) is 2.11. The molecule has 236 valence electrons. The Kier molecular flexibility index (Phi) is 10.7. The van der Waals surface area contributed by atoms with Crippen LogP contribution < -0.4 is 5.56 Å². The molecule has 1 atom stereocenters. The highest BCUT2D eigenvalue weighted by molar-refractivity contribution is 5.88. The number of carbonyl (C=O) groups excluding carboxylic acids is 3. The lowest BCUT2D eigenvalue weighted by Crippen LogP contribution is -2.35. The van der Waals surface area contributed by atoms with E-state index in [0.717, 1.165) is 11.1 Å². The Labute approximate surface area is 259 Å². The van der Waals surface area contributed by atoms with E-state index in [1.807, 2.05) is 4.57 Å². The molecule has 0 N–H and O–H groups in total. The number of nitrogens with zero attached hydrogens (tertiary/aromatic N) is 4.